The van der Waals surface area contributed by atoms with Gasteiger partial charge in [-0.2, -0.15) is 4.68 Å². The average molecular weight is 284 g/mol. The fourth-order valence-electron chi connectivity index (χ4n) is 1.37. The number of hydrogen-bond acceptors (Lipinski definition) is 6. The molecule has 2 aromatic rings. The summed E-state index contributed by atoms with van der Waals surface area (Å²) in [6.07, 6.45) is 0. The number of carbonyl (C=O) groups is 1. The van der Waals surface area contributed by atoms with Crippen LogP contribution in [0.15, 0.2) is 23.4 Å². The third kappa shape index (κ3) is 2.99. The van der Waals surface area contributed by atoms with Crippen LogP contribution in [0.5, 0.6) is 5.75 Å². The molecule has 0 aliphatic rings. The predicted octanol–water partition coefficient (Wildman–Crippen LogP) is 0.987. The van der Waals surface area contributed by atoms with E-state index in [1.807, 2.05) is 0 Å². The van der Waals surface area contributed by atoms with Gasteiger partial charge in [0.2, 0.25) is 5.16 Å². The van der Waals surface area contributed by atoms with Crippen molar-refractivity contribution in [1.82, 2.24) is 20.2 Å². The van der Waals surface area contributed by atoms with Crippen molar-refractivity contribution >= 4 is 17.7 Å². The lowest BCUT2D eigenvalue weighted by atomic mass is 10.3. The molecule has 0 fully saturated rings. The first kappa shape index (κ1) is 13.3. The number of methoxy groups -OCH3 is 1. The maximum Gasteiger partial charge on any atom is 0.313 e. The van der Waals surface area contributed by atoms with Crippen LogP contribution in [0.4, 0.5) is 4.39 Å². The molecule has 100 valence electrons. The molecule has 0 saturated heterocycles. The van der Waals surface area contributed by atoms with Gasteiger partial charge in [0.05, 0.1) is 12.9 Å². The van der Waals surface area contributed by atoms with Gasteiger partial charge in [0.15, 0.2) is 0 Å². The fourth-order valence-corrected chi connectivity index (χ4v) is 1.98. The van der Waals surface area contributed by atoms with Gasteiger partial charge in [0, 0.05) is 6.07 Å². The Morgan fingerprint density at radius 2 is 2.37 bits per heavy atom. The van der Waals surface area contributed by atoms with Crippen molar-refractivity contribution < 1.29 is 19.0 Å². The van der Waals surface area contributed by atoms with Crippen LogP contribution in [0, 0.1) is 5.82 Å². The van der Waals surface area contributed by atoms with Crippen LogP contribution >= 0.6 is 11.8 Å². The van der Waals surface area contributed by atoms with Crippen molar-refractivity contribution in [3.63, 3.8) is 0 Å². The van der Waals surface area contributed by atoms with Gasteiger partial charge >= 0.3 is 5.97 Å². The maximum atomic E-state index is 13.1. The summed E-state index contributed by atoms with van der Waals surface area (Å²) in [6.45, 7) is 0. The van der Waals surface area contributed by atoms with Gasteiger partial charge in [-0.25, -0.2) is 4.39 Å². The lowest BCUT2D eigenvalue weighted by molar-refractivity contribution is -0.133. The SMILES string of the molecule is COc1cc(F)ccc1-n1nnnc1SCC(=O)O. The molecule has 1 aromatic carbocycles. The van der Waals surface area contributed by atoms with E-state index in [0.29, 0.717) is 5.69 Å². The second-order valence-corrected chi connectivity index (χ2v) is 4.31. The first-order valence-electron chi connectivity index (χ1n) is 5.08. The van der Waals surface area contributed by atoms with Crippen molar-refractivity contribution in [2.45, 2.75) is 5.16 Å². The van der Waals surface area contributed by atoms with Crippen LogP contribution in [0.25, 0.3) is 5.69 Å². The molecule has 0 saturated carbocycles. The summed E-state index contributed by atoms with van der Waals surface area (Å²) < 4.78 is 19.5. The van der Waals surface area contributed by atoms with Crippen molar-refractivity contribution in [3.8, 4) is 11.4 Å². The maximum absolute atomic E-state index is 13.1. The molecule has 7 nitrogen and oxygen atoms in total. The third-order valence-electron chi connectivity index (χ3n) is 2.14. The van der Waals surface area contributed by atoms with E-state index in [1.54, 1.807) is 0 Å². The van der Waals surface area contributed by atoms with Gasteiger partial charge in [0.25, 0.3) is 0 Å². The van der Waals surface area contributed by atoms with Crippen molar-refractivity contribution in [2.24, 2.45) is 0 Å². The number of aliphatic carboxylic acids is 1. The lowest BCUT2D eigenvalue weighted by Crippen LogP contribution is -2.04. The summed E-state index contributed by atoms with van der Waals surface area (Å²) in [4.78, 5) is 10.5. The number of carboxylic acid groups (broad SMARTS) is 1. The van der Waals surface area contributed by atoms with Crippen molar-refractivity contribution in [2.75, 3.05) is 12.9 Å². The number of aromatic nitrogens is 4. The van der Waals surface area contributed by atoms with Crippen LogP contribution in [-0.2, 0) is 4.79 Å². The molecule has 9 heteroatoms. The Morgan fingerprint density at radius 1 is 1.58 bits per heavy atom. The molecule has 0 bridgehead atoms. The van der Waals surface area contributed by atoms with E-state index >= 15 is 0 Å². The Labute approximate surface area is 111 Å². The largest absolute Gasteiger partial charge is 0.494 e. The molecule has 0 radical (unpaired) electrons. The fraction of sp³-hybridized carbons (Fsp3) is 0.200. The van der Waals surface area contributed by atoms with E-state index in [-0.39, 0.29) is 16.7 Å². The minimum atomic E-state index is -0.981. The van der Waals surface area contributed by atoms with Crippen LogP contribution < -0.4 is 4.74 Å². The summed E-state index contributed by atoms with van der Waals surface area (Å²) in [5.41, 5.74) is 0.432. The van der Waals surface area contributed by atoms with Crippen LogP contribution in [0.3, 0.4) is 0 Å². The molecule has 0 aliphatic heterocycles. The second-order valence-electron chi connectivity index (χ2n) is 3.37. The minimum absolute atomic E-state index is 0.177. The quantitative estimate of drug-likeness (QED) is 0.818. The number of thioether (sulfide) groups is 1. The van der Waals surface area contributed by atoms with Crippen LogP contribution in [0.2, 0.25) is 0 Å². The Kier molecular flexibility index (Phi) is 3.95. The van der Waals surface area contributed by atoms with Gasteiger partial charge in [-0.1, -0.05) is 11.8 Å². The van der Waals surface area contributed by atoms with E-state index in [9.17, 15) is 9.18 Å². The molecule has 1 aromatic heterocycles. The summed E-state index contributed by atoms with van der Waals surface area (Å²) in [5, 5.41) is 19.9. The van der Waals surface area contributed by atoms with Gasteiger partial charge in [-0.05, 0) is 22.6 Å². The first-order chi connectivity index (χ1) is 9.11. The summed E-state index contributed by atoms with van der Waals surface area (Å²) >= 11 is 0.958. The Hall–Kier alpha value is -2.16. The van der Waals surface area contributed by atoms with Crippen LogP contribution in [0.1, 0.15) is 0 Å². The monoisotopic (exact) mass is 284 g/mol. The molecular formula is C10H9FN4O3S. The molecule has 1 heterocycles. The molecule has 0 aliphatic carbocycles. The molecule has 19 heavy (non-hydrogen) atoms. The van der Waals surface area contributed by atoms with E-state index in [0.717, 1.165) is 11.8 Å². The number of rotatable bonds is 5. The molecule has 0 atom stereocenters. The van der Waals surface area contributed by atoms with E-state index < -0.39 is 11.8 Å². The Morgan fingerprint density at radius 3 is 3.05 bits per heavy atom. The highest BCUT2D eigenvalue weighted by molar-refractivity contribution is 7.99. The molecule has 2 rings (SSSR count). The average Bonchev–Trinajstić information content (AvgIpc) is 2.84. The summed E-state index contributed by atoms with van der Waals surface area (Å²) in [7, 11) is 1.40. The number of carboxylic acids is 1. The third-order valence-corrected chi connectivity index (χ3v) is 3.04. The Bertz CT molecular complexity index is 604. The van der Waals surface area contributed by atoms with E-state index in [4.69, 9.17) is 9.84 Å². The smallest absolute Gasteiger partial charge is 0.313 e. The predicted molar refractivity (Wildman–Crippen MR) is 64.0 cm³/mol. The van der Waals surface area contributed by atoms with Gasteiger partial charge < -0.3 is 9.84 Å². The van der Waals surface area contributed by atoms with Crippen molar-refractivity contribution in [3.05, 3.63) is 24.0 Å². The van der Waals surface area contributed by atoms with Gasteiger partial charge in [-0.15, -0.1) is 5.10 Å². The minimum Gasteiger partial charge on any atom is -0.494 e. The summed E-state index contributed by atoms with van der Waals surface area (Å²) in [6, 6.07) is 3.89. The topological polar surface area (TPSA) is 90.1 Å². The molecule has 0 unspecified atom stereocenters. The van der Waals surface area contributed by atoms with Gasteiger partial charge in [-0.3, -0.25) is 4.79 Å². The number of hydrogen-bond donors (Lipinski definition) is 1. The zero-order valence-electron chi connectivity index (χ0n) is 9.78. The van der Waals surface area contributed by atoms with E-state index in [2.05, 4.69) is 15.5 Å². The zero-order chi connectivity index (χ0) is 13.8. The zero-order valence-corrected chi connectivity index (χ0v) is 10.6. The first-order valence-corrected chi connectivity index (χ1v) is 6.07. The van der Waals surface area contributed by atoms with Crippen LogP contribution in [-0.4, -0.2) is 44.1 Å². The lowest BCUT2D eigenvalue weighted by Gasteiger charge is -2.08. The normalized spacial score (nSPS) is 10.4. The highest BCUT2D eigenvalue weighted by atomic mass is 32.2. The highest BCUT2D eigenvalue weighted by Crippen LogP contribution is 2.26. The second kappa shape index (κ2) is 5.65. The van der Waals surface area contributed by atoms with Crippen molar-refractivity contribution in [1.29, 1.82) is 0 Å². The number of ether oxygens (including phenoxy) is 1. The highest BCUT2D eigenvalue weighted by Gasteiger charge is 2.15. The number of nitrogens with zero attached hydrogens (tertiary/aromatic N) is 4. The number of halogens is 1. The Balaban J connectivity index is 2.36. The molecule has 1 N–H and O–H groups in total. The molecular weight excluding hydrogens is 275 g/mol. The van der Waals surface area contributed by atoms with E-state index in [1.165, 1.54) is 30.0 Å². The molecule has 0 amide bonds. The summed E-state index contributed by atoms with van der Waals surface area (Å²) in [5.74, 6) is -1.35. The number of benzene rings is 1. The number of tetrazole rings is 1. The standard InChI is InChI=1S/C10H9FN4O3S/c1-18-8-4-6(11)2-3-7(8)15-10(12-13-14-15)19-5-9(16)17/h2-4H,5H2,1H3,(H,16,17). The van der Waals surface area contributed by atoms with Gasteiger partial charge in [0.1, 0.15) is 17.3 Å². The molecule has 0 spiro atoms.